The van der Waals surface area contributed by atoms with Crippen molar-refractivity contribution in [3.63, 3.8) is 0 Å². The van der Waals surface area contributed by atoms with Gasteiger partial charge in [0, 0.05) is 6.42 Å². The van der Waals surface area contributed by atoms with Gasteiger partial charge in [0.2, 0.25) is 0 Å². The molecule has 0 unspecified atom stereocenters. The second-order valence-corrected chi connectivity index (χ2v) is 3.90. The second kappa shape index (κ2) is 8.19. The molecule has 0 heterocycles. The number of ether oxygens (including phenoxy) is 2. The Labute approximate surface area is 108 Å². The fourth-order valence-electron chi connectivity index (χ4n) is 1.43. The SMILES string of the molecule is C#CCOc1ccc(OC(=O)CCCCC)cc1. The lowest BCUT2D eigenvalue weighted by Gasteiger charge is -2.05. The molecule has 0 atom stereocenters. The third-order valence-electron chi connectivity index (χ3n) is 2.36. The Kier molecular flexibility index (Phi) is 6.42. The van der Waals surface area contributed by atoms with E-state index in [-0.39, 0.29) is 12.6 Å². The van der Waals surface area contributed by atoms with Crippen molar-refractivity contribution >= 4 is 5.97 Å². The minimum absolute atomic E-state index is 0.194. The molecule has 0 aliphatic heterocycles. The summed E-state index contributed by atoms with van der Waals surface area (Å²) in [5.74, 6) is 3.39. The lowest BCUT2D eigenvalue weighted by Crippen LogP contribution is -2.07. The highest BCUT2D eigenvalue weighted by atomic mass is 16.5. The van der Waals surface area contributed by atoms with Crippen LogP contribution in [0.4, 0.5) is 0 Å². The van der Waals surface area contributed by atoms with Crippen LogP contribution in [0.2, 0.25) is 0 Å². The largest absolute Gasteiger partial charge is 0.481 e. The topological polar surface area (TPSA) is 35.5 Å². The Bertz CT molecular complexity index is 401. The van der Waals surface area contributed by atoms with Crippen molar-refractivity contribution in [2.24, 2.45) is 0 Å². The van der Waals surface area contributed by atoms with Crippen LogP contribution in [0.1, 0.15) is 32.6 Å². The van der Waals surface area contributed by atoms with Crippen LogP contribution in [0.25, 0.3) is 0 Å². The van der Waals surface area contributed by atoms with E-state index in [4.69, 9.17) is 15.9 Å². The van der Waals surface area contributed by atoms with Crippen molar-refractivity contribution in [2.45, 2.75) is 32.6 Å². The highest BCUT2D eigenvalue weighted by Crippen LogP contribution is 2.18. The molecule has 0 radical (unpaired) electrons. The molecule has 0 N–H and O–H groups in total. The Morgan fingerprint density at radius 2 is 1.89 bits per heavy atom. The van der Waals surface area contributed by atoms with Gasteiger partial charge in [-0.25, -0.2) is 0 Å². The molecule has 0 aliphatic carbocycles. The standard InChI is InChI=1S/C15H18O3/c1-3-5-6-7-15(16)18-14-10-8-13(9-11-14)17-12-4-2/h2,8-11H,3,5-7,12H2,1H3. The lowest BCUT2D eigenvalue weighted by atomic mass is 10.2. The molecule has 0 amide bonds. The van der Waals surface area contributed by atoms with Gasteiger partial charge in [0.25, 0.3) is 0 Å². The average molecular weight is 246 g/mol. The van der Waals surface area contributed by atoms with E-state index in [0.29, 0.717) is 17.9 Å². The first-order valence-corrected chi connectivity index (χ1v) is 6.13. The minimum Gasteiger partial charge on any atom is -0.481 e. The number of hydrogen-bond donors (Lipinski definition) is 0. The summed E-state index contributed by atoms with van der Waals surface area (Å²) in [5, 5.41) is 0. The summed E-state index contributed by atoms with van der Waals surface area (Å²) < 4.78 is 10.4. The van der Waals surface area contributed by atoms with Gasteiger partial charge in [-0.05, 0) is 30.7 Å². The van der Waals surface area contributed by atoms with Gasteiger partial charge in [0.1, 0.15) is 18.1 Å². The molecule has 0 fully saturated rings. The highest BCUT2D eigenvalue weighted by molar-refractivity contribution is 5.72. The molecule has 1 aromatic rings. The lowest BCUT2D eigenvalue weighted by molar-refractivity contribution is -0.134. The van der Waals surface area contributed by atoms with Crippen LogP contribution in [-0.4, -0.2) is 12.6 Å². The maximum absolute atomic E-state index is 11.5. The van der Waals surface area contributed by atoms with Crippen molar-refractivity contribution in [1.82, 2.24) is 0 Å². The molecule has 96 valence electrons. The number of carbonyl (C=O) groups excluding carboxylic acids is 1. The van der Waals surface area contributed by atoms with Crippen LogP contribution in [0.15, 0.2) is 24.3 Å². The van der Waals surface area contributed by atoms with Crippen LogP contribution in [0.3, 0.4) is 0 Å². The van der Waals surface area contributed by atoms with E-state index in [1.165, 1.54) is 0 Å². The van der Waals surface area contributed by atoms with Crippen LogP contribution in [-0.2, 0) is 4.79 Å². The summed E-state index contributed by atoms with van der Waals surface area (Å²) in [5.41, 5.74) is 0. The molecule has 1 rings (SSSR count). The molecular formula is C15H18O3. The molecule has 3 heteroatoms. The van der Waals surface area contributed by atoms with E-state index in [1.54, 1.807) is 24.3 Å². The fraction of sp³-hybridized carbons (Fsp3) is 0.400. The maximum Gasteiger partial charge on any atom is 0.311 e. The van der Waals surface area contributed by atoms with Crippen LogP contribution < -0.4 is 9.47 Å². The third kappa shape index (κ3) is 5.40. The third-order valence-corrected chi connectivity index (χ3v) is 2.36. The van der Waals surface area contributed by atoms with E-state index in [1.807, 2.05) is 0 Å². The number of esters is 1. The quantitative estimate of drug-likeness (QED) is 0.321. The molecule has 3 nitrogen and oxygen atoms in total. The first kappa shape index (κ1) is 14.1. The normalized spacial score (nSPS) is 9.56. The van der Waals surface area contributed by atoms with Gasteiger partial charge in [-0.1, -0.05) is 25.7 Å². The number of benzene rings is 1. The second-order valence-electron chi connectivity index (χ2n) is 3.90. The summed E-state index contributed by atoms with van der Waals surface area (Å²) in [7, 11) is 0. The summed E-state index contributed by atoms with van der Waals surface area (Å²) in [6.45, 7) is 2.33. The molecule has 0 aliphatic rings. The van der Waals surface area contributed by atoms with Gasteiger partial charge in [0.15, 0.2) is 0 Å². The first-order chi connectivity index (χ1) is 8.76. The fourth-order valence-corrected chi connectivity index (χ4v) is 1.43. The highest BCUT2D eigenvalue weighted by Gasteiger charge is 2.04. The number of terminal acetylenes is 1. The van der Waals surface area contributed by atoms with Crippen molar-refractivity contribution in [3.05, 3.63) is 24.3 Å². The van der Waals surface area contributed by atoms with Gasteiger partial charge in [-0.2, -0.15) is 0 Å². The maximum atomic E-state index is 11.5. The zero-order chi connectivity index (χ0) is 13.2. The van der Waals surface area contributed by atoms with Crippen LogP contribution in [0.5, 0.6) is 11.5 Å². The molecule has 0 bridgehead atoms. The van der Waals surface area contributed by atoms with Crippen molar-refractivity contribution < 1.29 is 14.3 Å². The Balaban J connectivity index is 2.38. The molecule has 0 spiro atoms. The molecule has 0 aromatic heterocycles. The summed E-state index contributed by atoms with van der Waals surface area (Å²) in [4.78, 5) is 11.5. The number of unbranched alkanes of at least 4 members (excludes halogenated alkanes) is 2. The predicted octanol–water partition coefficient (Wildman–Crippen LogP) is 3.18. The van der Waals surface area contributed by atoms with E-state index in [2.05, 4.69) is 12.8 Å². The number of rotatable bonds is 7. The van der Waals surface area contributed by atoms with E-state index < -0.39 is 0 Å². The van der Waals surface area contributed by atoms with Crippen molar-refractivity contribution in [2.75, 3.05) is 6.61 Å². The van der Waals surface area contributed by atoms with Gasteiger partial charge in [-0.3, -0.25) is 4.79 Å². The predicted molar refractivity (Wildman–Crippen MR) is 70.5 cm³/mol. The van der Waals surface area contributed by atoms with Crippen molar-refractivity contribution in [1.29, 1.82) is 0 Å². The number of carbonyl (C=O) groups is 1. The molecular weight excluding hydrogens is 228 g/mol. The van der Waals surface area contributed by atoms with Gasteiger partial charge in [-0.15, -0.1) is 6.42 Å². The Morgan fingerprint density at radius 1 is 1.22 bits per heavy atom. The zero-order valence-electron chi connectivity index (χ0n) is 10.6. The van der Waals surface area contributed by atoms with Crippen molar-refractivity contribution in [3.8, 4) is 23.8 Å². The van der Waals surface area contributed by atoms with Gasteiger partial charge < -0.3 is 9.47 Å². The molecule has 1 aromatic carbocycles. The summed E-state index contributed by atoms with van der Waals surface area (Å²) >= 11 is 0. The van der Waals surface area contributed by atoms with E-state index >= 15 is 0 Å². The Hall–Kier alpha value is -1.95. The molecule has 18 heavy (non-hydrogen) atoms. The van der Waals surface area contributed by atoms with Gasteiger partial charge >= 0.3 is 5.97 Å². The summed E-state index contributed by atoms with van der Waals surface area (Å²) in [6.07, 6.45) is 8.56. The van der Waals surface area contributed by atoms with E-state index in [9.17, 15) is 4.79 Å². The number of hydrogen-bond acceptors (Lipinski definition) is 3. The first-order valence-electron chi connectivity index (χ1n) is 6.13. The van der Waals surface area contributed by atoms with Gasteiger partial charge in [0.05, 0.1) is 0 Å². The minimum atomic E-state index is -0.194. The molecule has 0 saturated heterocycles. The summed E-state index contributed by atoms with van der Waals surface area (Å²) in [6, 6.07) is 6.85. The monoisotopic (exact) mass is 246 g/mol. The zero-order valence-corrected chi connectivity index (χ0v) is 10.6. The van der Waals surface area contributed by atoms with Crippen LogP contribution in [0, 0.1) is 12.3 Å². The molecule has 0 saturated carbocycles. The Morgan fingerprint density at radius 3 is 2.50 bits per heavy atom. The smallest absolute Gasteiger partial charge is 0.311 e. The van der Waals surface area contributed by atoms with E-state index in [0.717, 1.165) is 19.3 Å². The average Bonchev–Trinajstić information content (AvgIpc) is 2.38. The van der Waals surface area contributed by atoms with Crippen LogP contribution >= 0.6 is 0 Å².